The molecule has 0 N–H and O–H groups in total. The molecule has 1 aromatic heterocycles. The molecule has 0 fully saturated rings. The molecule has 1 heterocycles. The second-order valence-electron chi connectivity index (χ2n) is 7.44. The molecule has 0 atom stereocenters. The number of furan rings is 1. The van der Waals surface area contributed by atoms with Gasteiger partial charge in [0.05, 0.1) is 6.61 Å². The number of rotatable bonds is 14. The number of hydrogen-bond acceptors (Lipinski definition) is 3. The van der Waals surface area contributed by atoms with Crippen molar-refractivity contribution in [2.45, 2.75) is 78.6 Å². The Morgan fingerprint density at radius 2 is 1.57 bits per heavy atom. The van der Waals surface area contributed by atoms with Gasteiger partial charge < -0.3 is 14.1 Å². The zero-order valence-electron chi connectivity index (χ0n) is 18.0. The summed E-state index contributed by atoms with van der Waals surface area (Å²) in [6.07, 6.45) is 11.7. The van der Waals surface area contributed by atoms with Gasteiger partial charge in [-0.2, -0.15) is 0 Å². The Kier molecular flexibility index (Phi) is 9.95. The minimum atomic E-state index is -0.0638. The average molecular weight is 388 g/mol. The van der Waals surface area contributed by atoms with Crippen molar-refractivity contribution < 1.29 is 13.9 Å². The molecule has 0 aliphatic heterocycles. The van der Waals surface area contributed by atoms with Gasteiger partial charge >= 0.3 is 0 Å². The van der Waals surface area contributed by atoms with Crippen LogP contribution in [-0.2, 0) is 0 Å². The first-order valence-corrected chi connectivity index (χ1v) is 11.2. The van der Waals surface area contributed by atoms with Crippen LogP contribution < -0.4 is 4.74 Å². The van der Waals surface area contributed by atoms with Crippen molar-refractivity contribution in [1.29, 1.82) is 0 Å². The van der Waals surface area contributed by atoms with E-state index in [1.807, 2.05) is 38.1 Å². The van der Waals surface area contributed by atoms with E-state index in [9.17, 15) is 4.79 Å². The number of nitrogens with zero attached hydrogens (tertiary/aromatic N) is 1. The second kappa shape index (κ2) is 12.5. The molecule has 1 amide bonds. The van der Waals surface area contributed by atoms with Gasteiger partial charge in [-0.3, -0.25) is 4.79 Å². The van der Waals surface area contributed by atoms with Crippen LogP contribution in [0.4, 0.5) is 0 Å². The number of unbranched alkanes of at least 4 members (excludes halogenated alkanes) is 8. The Morgan fingerprint density at radius 1 is 0.929 bits per heavy atom. The molecule has 156 valence electrons. The van der Waals surface area contributed by atoms with Crippen LogP contribution >= 0.6 is 0 Å². The lowest BCUT2D eigenvalue weighted by Crippen LogP contribution is -2.30. The Balaban J connectivity index is 1.79. The van der Waals surface area contributed by atoms with Gasteiger partial charge in [-0.15, -0.1) is 0 Å². The van der Waals surface area contributed by atoms with E-state index in [2.05, 4.69) is 6.92 Å². The monoisotopic (exact) mass is 387 g/mol. The highest BCUT2D eigenvalue weighted by Crippen LogP contribution is 2.29. The van der Waals surface area contributed by atoms with Gasteiger partial charge in [0.2, 0.25) is 0 Å². The molecule has 28 heavy (non-hydrogen) atoms. The molecule has 2 aromatic rings. The summed E-state index contributed by atoms with van der Waals surface area (Å²) >= 11 is 0. The number of para-hydroxylation sites is 1. The Labute approximate surface area is 170 Å². The van der Waals surface area contributed by atoms with Gasteiger partial charge in [0.1, 0.15) is 0 Å². The normalized spacial score (nSPS) is 11.1. The molecular formula is C24H37NO3. The highest BCUT2D eigenvalue weighted by molar-refractivity contribution is 5.97. The Morgan fingerprint density at radius 3 is 2.21 bits per heavy atom. The molecule has 0 radical (unpaired) electrons. The highest BCUT2D eigenvalue weighted by Gasteiger charge is 2.18. The quantitative estimate of drug-likeness (QED) is 0.334. The molecule has 0 spiro atoms. The lowest BCUT2D eigenvalue weighted by atomic mass is 10.1. The van der Waals surface area contributed by atoms with Crippen LogP contribution in [0.1, 0.15) is 89.1 Å². The summed E-state index contributed by atoms with van der Waals surface area (Å²) in [7, 11) is 0. The predicted octanol–water partition coefficient (Wildman–Crippen LogP) is 6.82. The standard InChI is InChI=1S/C24H37NO3/c1-4-7-8-9-10-11-12-13-14-18-27-21-17-15-16-20-19-22(28-23(20)21)24(26)25(5-2)6-3/h15-17,19H,4-14,18H2,1-3H3. The zero-order valence-corrected chi connectivity index (χ0v) is 18.0. The molecule has 2 rings (SSSR count). The van der Waals surface area contributed by atoms with E-state index in [4.69, 9.17) is 9.15 Å². The number of fused-ring (bicyclic) bond motifs is 1. The Bertz CT molecular complexity index is 703. The van der Waals surface area contributed by atoms with Gasteiger partial charge in [-0.05, 0) is 32.4 Å². The lowest BCUT2D eigenvalue weighted by Gasteiger charge is -2.16. The van der Waals surface area contributed by atoms with Crippen molar-refractivity contribution in [3.05, 3.63) is 30.0 Å². The molecule has 4 heteroatoms. The maximum atomic E-state index is 12.5. The summed E-state index contributed by atoms with van der Waals surface area (Å²) in [5.74, 6) is 1.06. The molecule has 0 aliphatic carbocycles. The molecule has 0 aliphatic rings. The largest absolute Gasteiger partial charge is 0.490 e. The number of carbonyl (C=O) groups is 1. The van der Waals surface area contributed by atoms with Crippen molar-refractivity contribution >= 4 is 16.9 Å². The van der Waals surface area contributed by atoms with Crippen LogP contribution in [0.2, 0.25) is 0 Å². The van der Waals surface area contributed by atoms with Crippen molar-refractivity contribution in [2.24, 2.45) is 0 Å². The third kappa shape index (κ3) is 6.57. The van der Waals surface area contributed by atoms with Gasteiger partial charge in [-0.25, -0.2) is 0 Å². The molecule has 4 nitrogen and oxygen atoms in total. The van der Waals surface area contributed by atoms with Crippen LogP contribution in [-0.4, -0.2) is 30.5 Å². The maximum absolute atomic E-state index is 12.5. The zero-order chi connectivity index (χ0) is 20.2. The second-order valence-corrected chi connectivity index (χ2v) is 7.44. The van der Waals surface area contributed by atoms with Crippen LogP contribution in [0, 0.1) is 0 Å². The maximum Gasteiger partial charge on any atom is 0.289 e. The summed E-state index contributed by atoms with van der Waals surface area (Å²) in [6.45, 7) is 8.25. The third-order valence-electron chi connectivity index (χ3n) is 5.27. The van der Waals surface area contributed by atoms with Crippen LogP contribution in [0.15, 0.2) is 28.7 Å². The number of ether oxygens (including phenoxy) is 1. The number of amides is 1. The van der Waals surface area contributed by atoms with E-state index >= 15 is 0 Å². The number of hydrogen-bond donors (Lipinski definition) is 0. The molecular weight excluding hydrogens is 350 g/mol. The van der Waals surface area contributed by atoms with Crippen molar-refractivity contribution in [3.63, 3.8) is 0 Å². The molecule has 0 saturated heterocycles. The third-order valence-corrected chi connectivity index (χ3v) is 5.27. The average Bonchev–Trinajstić information content (AvgIpc) is 3.15. The molecule has 0 unspecified atom stereocenters. The number of benzene rings is 1. The van der Waals surface area contributed by atoms with Gasteiger partial charge in [0, 0.05) is 18.5 Å². The first-order chi connectivity index (χ1) is 13.7. The van der Waals surface area contributed by atoms with Gasteiger partial charge in [0.25, 0.3) is 5.91 Å². The predicted molar refractivity (Wildman–Crippen MR) is 116 cm³/mol. The van der Waals surface area contributed by atoms with Gasteiger partial charge in [-0.1, -0.05) is 70.4 Å². The Hall–Kier alpha value is -1.97. The SMILES string of the molecule is CCCCCCCCCCCOc1cccc2cc(C(=O)N(CC)CC)oc12. The minimum Gasteiger partial charge on any atom is -0.490 e. The fraction of sp³-hybridized carbons (Fsp3) is 0.625. The molecule has 0 bridgehead atoms. The summed E-state index contributed by atoms with van der Waals surface area (Å²) in [4.78, 5) is 14.3. The van der Waals surface area contributed by atoms with E-state index in [1.165, 1.54) is 51.4 Å². The summed E-state index contributed by atoms with van der Waals surface area (Å²) in [5.41, 5.74) is 0.675. The fourth-order valence-corrected chi connectivity index (χ4v) is 3.52. The number of carbonyl (C=O) groups excluding carboxylic acids is 1. The lowest BCUT2D eigenvalue weighted by molar-refractivity contribution is 0.0743. The first-order valence-electron chi connectivity index (χ1n) is 11.2. The van der Waals surface area contributed by atoms with Crippen LogP contribution in [0.5, 0.6) is 5.75 Å². The van der Waals surface area contributed by atoms with Crippen LogP contribution in [0.25, 0.3) is 11.0 Å². The van der Waals surface area contributed by atoms with E-state index in [0.717, 1.165) is 17.6 Å². The highest BCUT2D eigenvalue weighted by atomic mass is 16.5. The van der Waals surface area contributed by atoms with E-state index < -0.39 is 0 Å². The van der Waals surface area contributed by atoms with Crippen molar-refractivity contribution in [1.82, 2.24) is 4.90 Å². The first kappa shape index (κ1) is 22.3. The van der Waals surface area contributed by atoms with Crippen molar-refractivity contribution in [3.8, 4) is 5.75 Å². The summed E-state index contributed by atoms with van der Waals surface area (Å²) in [6, 6.07) is 7.66. The van der Waals surface area contributed by atoms with E-state index in [0.29, 0.717) is 31.0 Å². The topological polar surface area (TPSA) is 42.7 Å². The summed E-state index contributed by atoms with van der Waals surface area (Å²) in [5, 5.41) is 0.917. The van der Waals surface area contributed by atoms with Gasteiger partial charge in [0.15, 0.2) is 17.1 Å². The van der Waals surface area contributed by atoms with Crippen LogP contribution in [0.3, 0.4) is 0 Å². The van der Waals surface area contributed by atoms with E-state index in [1.54, 1.807) is 4.90 Å². The smallest absolute Gasteiger partial charge is 0.289 e. The summed E-state index contributed by atoms with van der Waals surface area (Å²) < 4.78 is 11.8. The minimum absolute atomic E-state index is 0.0638. The van der Waals surface area contributed by atoms with Crippen molar-refractivity contribution in [2.75, 3.05) is 19.7 Å². The molecule has 1 aromatic carbocycles. The van der Waals surface area contributed by atoms with E-state index in [-0.39, 0.29) is 5.91 Å². The molecule has 0 saturated carbocycles. The fourth-order valence-electron chi connectivity index (χ4n) is 3.52.